The SMILES string of the molecule is CCNC(Cc1cncc(Br)c1)c1cc(Cl)ccc1Cl. The van der Waals surface area contributed by atoms with E-state index in [9.17, 15) is 0 Å². The second-order valence-corrected chi connectivity index (χ2v) is 6.25. The van der Waals surface area contributed by atoms with Crippen molar-refractivity contribution in [2.45, 2.75) is 19.4 Å². The van der Waals surface area contributed by atoms with E-state index in [1.807, 2.05) is 18.3 Å². The Hall–Kier alpha value is -0.610. The van der Waals surface area contributed by atoms with Gasteiger partial charge in [0.2, 0.25) is 0 Å². The maximum absolute atomic E-state index is 6.30. The third-order valence-corrected chi connectivity index (χ3v) is 4.00. The van der Waals surface area contributed by atoms with Crippen LogP contribution in [0.2, 0.25) is 10.0 Å². The molecule has 2 nitrogen and oxygen atoms in total. The monoisotopic (exact) mass is 372 g/mol. The van der Waals surface area contributed by atoms with Crippen LogP contribution in [0.15, 0.2) is 41.1 Å². The first kappa shape index (κ1) is 15.8. The lowest BCUT2D eigenvalue weighted by Gasteiger charge is -2.20. The molecule has 1 aromatic heterocycles. The van der Waals surface area contributed by atoms with E-state index in [4.69, 9.17) is 23.2 Å². The molecule has 0 spiro atoms. The summed E-state index contributed by atoms with van der Waals surface area (Å²) in [7, 11) is 0. The van der Waals surface area contributed by atoms with E-state index >= 15 is 0 Å². The van der Waals surface area contributed by atoms with Crippen LogP contribution in [-0.4, -0.2) is 11.5 Å². The van der Waals surface area contributed by atoms with E-state index in [-0.39, 0.29) is 6.04 Å². The van der Waals surface area contributed by atoms with Crippen LogP contribution in [0.3, 0.4) is 0 Å². The Kier molecular flexibility index (Phi) is 5.85. The van der Waals surface area contributed by atoms with Crippen LogP contribution in [0.5, 0.6) is 0 Å². The van der Waals surface area contributed by atoms with Gasteiger partial charge in [-0.25, -0.2) is 0 Å². The van der Waals surface area contributed by atoms with Crippen LogP contribution in [0.1, 0.15) is 24.1 Å². The zero-order chi connectivity index (χ0) is 14.5. The normalized spacial score (nSPS) is 12.4. The first-order valence-electron chi connectivity index (χ1n) is 6.38. The molecule has 1 heterocycles. The number of hydrogen-bond acceptors (Lipinski definition) is 2. The van der Waals surface area contributed by atoms with Crippen LogP contribution in [-0.2, 0) is 6.42 Å². The molecule has 0 aliphatic heterocycles. The van der Waals surface area contributed by atoms with Gasteiger partial charge in [-0.1, -0.05) is 30.1 Å². The summed E-state index contributed by atoms with van der Waals surface area (Å²) in [4.78, 5) is 4.20. The molecule has 1 N–H and O–H groups in total. The first-order valence-corrected chi connectivity index (χ1v) is 7.92. The minimum Gasteiger partial charge on any atom is -0.310 e. The molecule has 1 atom stereocenters. The average molecular weight is 374 g/mol. The topological polar surface area (TPSA) is 24.9 Å². The molecular weight excluding hydrogens is 359 g/mol. The minimum absolute atomic E-state index is 0.113. The third kappa shape index (κ3) is 4.19. The van der Waals surface area contributed by atoms with Crippen LogP contribution in [0.25, 0.3) is 0 Å². The van der Waals surface area contributed by atoms with Crippen molar-refractivity contribution in [1.29, 1.82) is 0 Å². The van der Waals surface area contributed by atoms with Gasteiger partial charge < -0.3 is 5.32 Å². The Balaban J connectivity index is 2.29. The van der Waals surface area contributed by atoms with Gasteiger partial charge in [-0.3, -0.25) is 4.98 Å². The maximum Gasteiger partial charge on any atom is 0.0454 e. The summed E-state index contributed by atoms with van der Waals surface area (Å²) in [6, 6.07) is 7.74. The number of hydrogen-bond donors (Lipinski definition) is 1. The molecule has 2 rings (SSSR count). The molecule has 2 aromatic rings. The van der Waals surface area contributed by atoms with Gasteiger partial charge in [0, 0.05) is 33.0 Å². The summed E-state index contributed by atoms with van der Waals surface area (Å²) in [6.45, 7) is 2.93. The van der Waals surface area contributed by atoms with E-state index < -0.39 is 0 Å². The van der Waals surface area contributed by atoms with Crippen molar-refractivity contribution in [3.05, 3.63) is 62.3 Å². The summed E-state index contributed by atoms with van der Waals surface area (Å²) in [5.74, 6) is 0. The van der Waals surface area contributed by atoms with Crippen LogP contribution in [0.4, 0.5) is 0 Å². The van der Waals surface area contributed by atoms with E-state index in [1.165, 1.54) is 0 Å². The maximum atomic E-state index is 6.30. The highest BCUT2D eigenvalue weighted by molar-refractivity contribution is 9.10. The minimum atomic E-state index is 0.113. The van der Waals surface area contributed by atoms with Crippen molar-refractivity contribution in [2.75, 3.05) is 6.54 Å². The molecule has 20 heavy (non-hydrogen) atoms. The zero-order valence-electron chi connectivity index (χ0n) is 11.0. The van der Waals surface area contributed by atoms with Gasteiger partial charge in [0.05, 0.1) is 0 Å². The van der Waals surface area contributed by atoms with Gasteiger partial charge in [-0.2, -0.15) is 0 Å². The number of aromatic nitrogens is 1. The van der Waals surface area contributed by atoms with E-state index in [0.29, 0.717) is 5.02 Å². The summed E-state index contributed by atoms with van der Waals surface area (Å²) < 4.78 is 0.974. The number of nitrogens with zero attached hydrogens (tertiary/aromatic N) is 1. The smallest absolute Gasteiger partial charge is 0.0454 e. The number of benzene rings is 1. The molecule has 0 amide bonds. The quantitative estimate of drug-likeness (QED) is 0.793. The second kappa shape index (κ2) is 7.41. The highest BCUT2D eigenvalue weighted by Crippen LogP contribution is 2.29. The van der Waals surface area contributed by atoms with Gasteiger partial charge in [0.25, 0.3) is 0 Å². The molecule has 0 saturated carbocycles. The predicted octanol–water partition coefficient (Wildman–Crippen LogP) is 5.04. The van der Waals surface area contributed by atoms with Crippen molar-refractivity contribution in [2.24, 2.45) is 0 Å². The summed E-state index contributed by atoms with van der Waals surface area (Å²) in [5, 5.41) is 4.87. The van der Waals surface area contributed by atoms with Gasteiger partial charge in [0.1, 0.15) is 0 Å². The zero-order valence-corrected chi connectivity index (χ0v) is 14.1. The summed E-state index contributed by atoms with van der Waals surface area (Å²) in [6.07, 6.45) is 4.45. The van der Waals surface area contributed by atoms with Gasteiger partial charge in [-0.05, 0) is 64.3 Å². The lowest BCUT2D eigenvalue weighted by Crippen LogP contribution is -2.23. The molecule has 0 radical (unpaired) electrons. The Morgan fingerprint density at radius 1 is 1.25 bits per heavy atom. The molecule has 106 valence electrons. The third-order valence-electron chi connectivity index (χ3n) is 2.99. The van der Waals surface area contributed by atoms with Crippen molar-refractivity contribution in [3.63, 3.8) is 0 Å². The fraction of sp³-hybridized carbons (Fsp3) is 0.267. The second-order valence-electron chi connectivity index (χ2n) is 4.49. The Morgan fingerprint density at radius 2 is 2.05 bits per heavy atom. The number of pyridine rings is 1. The average Bonchev–Trinajstić information content (AvgIpc) is 2.41. The van der Waals surface area contributed by atoms with E-state index in [1.54, 1.807) is 12.3 Å². The summed E-state index contributed by atoms with van der Waals surface area (Å²) >= 11 is 15.8. The van der Waals surface area contributed by atoms with Crippen molar-refractivity contribution < 1.29 is 0 Å². The van der Waals surface area contributed by atoms with Crippen molar-refractivity contribution >= 4 is 39.1 Å². The Morgan fingerprint density at radius 3 is 2.75 bits per heavy atom. The summed E-state index contributed by atoms with van der Waals surface area (Å²) in [5.41, 5.74) is 2.15. The van der Waals surface area contributed by atoms with Gasteiger partial charge >= 0.3 is 0 Å². The molecule has 1 aromatic carbocycles. The molecule has 5 heteroatoms. The molecule has 1 unspecified atom stereocenters. The predicted molar refractivity (Wildman–Crippen MR) is 88.5 cm³/mol. The standard InChI is InChI=1S/C15H15BrCl2N2/c1-2-20-15(6-10-5-11(16)9-19-8-10)13-7-12(17)3-4-14(13)18/h3-5,7-9,15,20H,2,6H2,1H3. The Bertz CT molecular complexity index is 590. The lowest BCUT2D eigenvalue weighted by molar-refractivity contribution is 0.549. The van der Waals surface area contributed by atoms with E-state index in [2.05, 4.69) is 39.2 Å². The first-order chi connectivity index (χ1) is 9.60. The molecule has 0 aliphatic carbocycles. The van der Waals surface area contributed by atoms with E-state index in [0.717, 1.165) is 33.6 Å². The van der Waals surface area contributed by atoms with Crippen LogP contribution >= 0.6 is 39.1 Å². The highest BCUT2D eigenvalue weighted by Gasteiger charge is 2.15. The number of likely N-dealkylation sites (N-methyl/N-ethyl adjacent to an activating group) is 1. The molecule has 0 aliphatic rings. The van der Waals surface area contributed by atoms with Gasteiger partial charge in [-0.15, -0.1) is 0 Å². The fourth-order valence-electron chi connectivity index (χ4n) is 2.12. The number of rotatable bonds is 5. The molecule has 0 bridgehead atoms. The number of nitrogens with one attached hydrogen (secondary N) is 1. The number of halogens is 3. The Labute approximate surface area is 137 Å². The fourth-order valence-corrected chi connectivity index (χ4v) is 2.97. The molecule has 0 saturated heterocycles. The molecular formula is C15H15BrCl2N2. The lowest BCUT2D eigenvalue weighted by atomic mass is 9.99. The van der Waals surface area contributed by atoms with Crippen LogP contribution in [0, 0.1) is 0 Å². The van der Waals surface area contributed by atoms with Crippen molar-refractivity contribution in [1.82, 2.24) is 10.3 Å². The van der Waals surface area contributed by atoms with Gasteiger partial charge in [0.15, 0.2) is 0 Å². The van der Waals surface area contributed by atoms with Crippen molar-refractivity contribution in [3.8, 4) is 0 Å². The largest absolute Gasteiger partial charge is 0.310 e. The molecule has 0 fully saturated rings. The highest BCUT2D eigenvalue weighted by atomic mass is 79.9. The van der Waals surface area contributed by atoms with Crippen LogP contribution < -0.4 is 5.32 Å².